The molecule has 0 saturated carbocycles. The fraction of sp³-hybridized carbons (Fsp3) is 0.316. The Bertz CT molecular complexity index is 1760. The molecule has 3 N–H and O–H groups in total. The van der Waals surface area contributed by atoms with E-state index < -0.39 is 0 Å². The van der Waals surface area contributed by atoms with Gasteiger partial charge in [0, 0.05) is 68.6 Å². The summed E-state index contributed by atoms with van der Waals surface area (Å²) in [4.78, 5) is 30.4. The highest BCUT2D eigenvalue weighted by Gasteiger charge is 2.15. The highest BCUT2D eigenvalue weighted by atomic mass is 35.5. The molecule has 0 spiro atoms. The number of nitrogens with zero attached hydrogens (tertiary/aromatic N) is 4. The Morgan fingerprint density at radius 1 is 1.12 bits per heavy atom. The van der Waals surface area contributed by atoms with Crippen molar-refractivity contribution in [3.8, 4) is 11.6 Å². The molecule has 0 aliphatic carbocycles. The van der Waals surface area contributed by atoms with Crippen molar-refractivity contribution < 1.29 is 23.4 Å². The van der Waals surface area contributed by atoms with Gasteiger partial charge in [-0.05, 0) is 69.1 Å². The molecule has 13 heteroatoms. The maximum Gasteiger partial charge on any atom is 0.253 e. The average molecular weight is 718 g/mol. The molecule has 11 nitrogen and oxygen atoms in total. The van der Waals surface area contributed by atoms with Crippen LogP contribution in [0, 0.1) is 5.82 Å². The van der Waals surface area contributed by atoms with Crippen LogP contribution in [0.2, 0.25) is 0 Å². The maximum atomic E-state index is 13.9. The molecule has 6 rings (SSSR count). The average Bonchev–Trinajstić information content (AvgIpc) is 3.62. The van der Waals surface area contributed by atoms with Crippen LogP contribution in [0.3, 0.4) is 0 Å². The number of pyridine rings is 1. The van der Waals surface area contributed by atoms with Gasteiger partial charge in [-0.25, -0.2) is 14.4 Å². The Morgan fingerprint density at radius 2 is 1.92 bits per heavy atom. The minimum absolute atomic E-state index is 0.0210. The second-order valence-corrected chi connectivity index (χ2v) is 11.5. The van der Waals surface area contributed by atoms with Crippen molar-refractivity contribution in [2.24, 2.45) is 9.98 Å². The Balaban J connectivity index is 0.000000755. The summed E-state index contributed by atoms with van der Waals surface area (Å²) in [6.07, 6.45) is 8.02. The number of halogens is 2. The van der Waals surface area contributed by atoms with Crippen LogP contribution < -0.4 is 20.1 Å². The van der Waals surface area contributed by atoms with Gasteiger partial charge in [-0.2, -0.15) is 0 Å². The molecule has 0 radical (unpaired) electrons. The van der Waals surface area contributed by atoms with E-state index >= 15 is 0 Å². The maximum absolute atomic E-state index is 13.9. The zero-order valence-electron chi connectivity index (χ0n) is 29.0. The molecule has 1 atom stereocenters. The summed E-state index contributed by atoms with van der Waals surface area (Å²) in [5.41, 5.74) is 4.36. The van der Waals surface area contributed by atoms with Crippen LogP contribution in [0.4, 0.5) is 21.6 Å². The number of hydrogen-bond donors (Lipinski definition) is 3. The van der Waals surface area contributed by atoms with Crippen LogP contribution in [0.5, 0.6) is 11.6 Å². The summed E-state index contributed by atoms with van der Waals surface area (Å²) < 4.78 is 30.1. The number of carbonyl (C=O) groups excluding carboxylic acids is 1. The number of alkyl halides is 1. The molecule has 2 aliphatic rings. The van der Waals surface area contributed by atoms with Gasteiger partial charge >= 0.3 is 0 Å². The van der Waals surface area contributed by atoms with E-state index in [9.17, 15) is 9.18 Å². The molecule has 2 aliphatic heterocycles. The first-order chi connectivity index (χ1) is 24.9. The first-order valence-corrected chi connectivity index (χ1v) is 17.3. The summed E-state index contributed by atoms with van der Waals surface area (Å²) in [6, 6.07) is 19.2. The molecule has 4 aromatic rings. The number of aromatic nitrogens is 2. The number of anilines is 1. The zero-order valence-corrected chi connectivity index (χ0v) is 29.8. The highest BCUT2D eigenvalue weighted by Crippen LogP contribution is 2.27. The highest BCUT2D eigenvalue weighted by molar-refractivity contribution is 6.15. The van der Waals surface area contributed by atoms with E-state index in [1.165, 1.54) is 18.9 Å². The van der Waals surface area contributed by atoms with Gasteiger partial charge in [-0.15, -0.1) is 11.6 Å². The van der Waals surface area contributed by atoms with E-state index in [-0.39, 0.29) is 25.1 Å². The summed E-state index contributed by atoms with van der Waals surface area (Å²) >= 11 is 4.64. The van der Waals surface area contributed by atoms with Crippen LogP contribution in [0.25, 0.3) is 5.57 Å². The first kappa shape index (κ1) is 38.8. The third kappa shape index (κ3) is 11.8. The van der Waals surface area contributed by atoms with Gasteiger partial charge in [-0.1, -0.05) is 30.3 Å². The second kappa shape index (κ2) is 20.6. The van der Waals surface area contributed by atoms with Crippen LogP contribution >= 0.6 is 11.6 Å². The van der Waals surface area contributed by atoms with E-state index in [4.69, 9.17) is 14.2 Å². The monoisotopic (exact) mass is 717 g/mol. The third-order valence-corrected chi connectivity index (χ3v) is 8.09. The number of amides is 1. The second-order valence-electron chi connectivity index (χ2n) is 11.5. The third-order valence-electron chi connectivity index (χ3n) is 8.09. The summed E-state index contributed by atoms with van der Waals surface area (Å²) in [5.74, 6) is 0.889. The molecule has 4 heterocycles. The summed E-state index contributed by atoms with van der Waals surface area (Å²) in [7, 11) is 0. The predicted molar refractivity (Wildman–Crippen MR) is 203 cm³/mol. The van der Waals surface area contributed by atoms with Gasteiger partial charge in [0.05, 0.1) is 23.2 Å². The standard InChI is InChI=1S/C33H34FN7O3.C4H8O.CH3Cl/c1-35-29-20-24(33(42)39-22-44-30-12-15-38-32(30)36-2)10-11-28(29)37-16-19-41-17-13-23(14-18-41)27-8-5-9-31(40-27)43-21-25-6-3-4-7-26(25)34;1-4-2-3-5-4;1-2/h3-13,15,20,37-38H,1-2,14,16-19,21-22H2,(H,39,42);4H,2-3H2,1H3;1H3/t;4-;/m.1./s1. The van der Waals surface area contributed by atoms with Crippen LogP contribution in [0.1, 0.15) is 41.4 Å². The van der Waals surface area contributed by atoms with E-state index in [1.54, 1.807) is 48.7 Å². The van der Waals surface area contributed by atoms with E-state index in [2.05, 4.69) is 73.5 Å². The quantitative estimate of drug-likeness (QED) is 0.0705. The van der Waals surface area contributed by atoms with Crippen LogP contribution in [-0.2, 0) is 11.3 Å². The lowest BCUT2D eigenvalue weighted by Crippen LogP contribution is -2.33. The SMILES string of the molecule is C=Nc1cc(C(=O)NCOc2cc[nH]c2N=C)ccc1NCCN1CC=C(c2cccc(OCc3ccccc3F)n2)CC1.CCl.C[C@@H]1CCO1. The normalized spacial score (nSPS) is 15.0. The molecule has 0 bridgehead atoms. The number of rotatable bonds is 14. The summed E-state index contributed by atoms with van der Waals surface area (Å²) in [5, 5.41) is 6.13. The van der Waals surface area contributed by atoms with Crippen molar-refractivity contribution in [2.75, 3.05) is 51.2 Å². The predicted octanol–water partition coefficient (Wildman–Crippen LogP) is 7.41. The fourth-order valence-electron chi connectivity index (χ4n) is 5.11. The van der Waals surface area contributed by atoms with Crippen LogP contribution in [0.15, 0.2) is 89.0 Å². The van der Waals surface area contributed by atoms with Crippen molar-refractivity contribution in [2.45, 2.75) is 32.5 Å². The van der Waals surface area contributed by atoms with E-state index in [1.807, 2.05) is 18.2 Å². The molecule has 270 valence electrons. The lowest BCUT2D eigenvalue weighted by Gasteiger charge is -2.26. The number of aliphatic imine (C=N–C) groups is 2. The lowest BCUT2D eigenvalue weighted by molar-refractivity contribution is -0.0375. The van der Waals surface area contributed by atoms with Gasteiger partial charge < -0.3 is 29.8 Å². The molecular formula is C38H45ClFN7O4. The van der Waals surface area contributed by atoms with Crippen molar-refractivity contribution in [1.82, 2.24) is 20.2 Å². The molecule has 1 saturated heterocycles. The zero-order chi connectivity index (χ0) is 36.4. The lowest BCUT2D eigenvalue weighted by atomic mass is 10.0. The number of aromatic amines is 1. The first-order valence-electron chi connectivity index (χ1n) is 16.6. The Kier molecular flexibility index (Phi) is 15.6. The Labute approximate surface area is 303 Å². The largest absolute Gasteiger partial charge is 0.473 e. The number of carbonyl (C=O) groups is 1. The van der Waals surface area contributed by atoms with E-state index in [0.29, 0.717) is 46.9 Å². The molecular weight excluding hydrogens is 673 g/mol. The molecule has 2 aromatic carbocycles. The minimum Gasteiger partial charge on any atom is -0.473 e. The molecule has 1 amide bonds. The van der Waals surface area contributed by atoms with Gasteiger partial charge in [-0.3, -0.25) is 14.7 Å². The number of hydrogen-bond acceptors (Lipinski definition) is 9. The van der Waals surface area contributed by atoms with Crippen molar-refractivity contribution in [1.29, 1.82) is 0 Å². The molecule has 51 heavy (non-hydrogen) atoms. The number of nitrogens with one attached hydrogen (secondary N) is 3. The minimum atomic E-state index is -0.294. The van der Waals surface area contributed by atoms with Gasteiger partial charge in [0.1, 0.15) is 12.4 Å². The summed E-state index contributed by atoms with van der Waals surface area (Å²) in [6.45, 7) is 13.5. The van der Waals surface area contributed by atoms with Crippen molar-refractivity contribution >= 4 is 53.7 Å². The fourth-order valence-corrected chi connectivity index (χ4v) is 5.11. The van der Waals surface area contributed by atoms with Gasteiger partial charge in [0.25, 0.3) is 5.91 Å². The topological polar surface area (TPSA) is 125 Å². The molecule has 2 aromatic heterocycles. The Morgan fingerprint density at radius 3 is 2.61 bits per heavy atom. The number of benzene rings is 2. The van der Waals surface area contributed by atoms with Crippen molar-refractivity contribution in [3.05, 3.63) is 102 Å². The number of ether oxygens (including phenoxy) is 3. The van der Waals surface area contributed by atoms with Crippen LogP contribution in [-0.4, -0.2) is 86.2 Å². The Hall–Kier alpha value is -5.04. The van der Waals surface area contributed by atoms with Gasteiger partial charge in [0.15, 0.2) is 18.3 Å². The van der Waals surface area contributed by atoms with Gasteiger partial charge in [0.2, 0.25) is 5.88 Å². The van der Waals surface area contributed by atoms with Crippen molar-refractivity contribution in [3.63, 3.8) is 0 Å². The number of H-pyrrole nitrogens is 1. The van der Waals surface area contributed by atoms with E-state index in [0.717, 1.165) is 49.6 Å². The smallest absolute Gasteiger partial charge is 0.253 e. The molecule has 1 fully saturated rings. The molecule has 0 unspecified atom stereocenters.